The van der Waals surface area contributed by atoms with Crippen LogP contribution in [0, 0.1) is 0 Å². The summed E-state index contributed by atoms with van der Waals surface area (Å²) in [5, 5.41) is 13.2. The topological polar surface area (TPSA) is 75.6 Å². The van der Waals surface area contributed by atoms with Gasteiger partial charge in [0, 0.05) is 16.0 Å². The quantitative estimate of drug-likeness (QED) is 0.682. The Hall–Kier alpha value is -2.86. The second-order valence-electron chi connectivity index (χ2n) is 6.25. The Morgan fingerprint density at radius 1 is 1.12 bits per heavy atom. The third-order valence-electron chi connectivity index (χ3n) is 4.07. The molecule has 3 rings (SSSR count). The van der Waals surface area contributed by atoms with E-state index in [1.165, 1.54) is 18.3 Å². The van der Waals surface area contributed by atoms with E-state index in [9.17, 15) is 14.7 Å². The molecule has 0 aliphatic carbocycles. The zero-order valence-corrected chi connectivity index (χ0v) is 15.1. The van der Waals surface area contributed by atoms with Crippen molar-refractivity contribution in [3.8, 4) is 0 Å². The lowest BCUT2D eigenvalue weighted by molar-refractivity contribution is -0.143. The van der Waals surface area contributed by atoms with Crippen molar-refractivity contribution in [2.45, 2.75) is 25.5 Å². The van der Waals surface area contributed by atoms with Crippen molar-refractivity contribution < 1.29 is 19.4 Å². The molecule has 1 atom stereocenters. The van der Waals surface area contributed by atoms with Crippen LogP contribution in [0.15, 0.2) is 60.7 Å². The van der Waals surface area contributed by atoms with Gasteiger partial charge in [0.1, 0.15) is 12.1 Å². The van der Waals surface area contributed by atoms with Gasteiger partial charge < -0.3 is 15.2 Å². The molecule has 5 nitrogen and oxygen atoms in total. The van der Waals surface area contributed by atoms with Crippen LogP contribution in [-0.4, -0.2) is 22.7 Å². The molecule has 2 N–H and O–H groups in total. The lowest BCUT2D eigenvalue weighted by Gasteiger charge is -2.25. The first-order valence-corrected chi connectivity index (χ1v) is 8.98. The first-order chi connectivity index (χ1) is 12.5. The number of hydrogen-bond acceptors (Lipinski definition) is 4. The summed E-state index contributed by atoms with van der Waals surface area (Å²) in [6, 6.07) is 19.0. The number of hydrogen-bond donors (Lipinski definition) is 2. The number of carbonyl (C=O) groups is 2. The highest BCUT2D eigenvalue weighted by atomic mass is 32.1. The maximum Gasteiger partial charge on any atom is 0.408 e. The summed E-state index contributed by atoms with van der Waals surface area (Å²) in [5.74, 6) is -1.10. The van der Waals surface area contributed by atoms with E-state index in [-0.39, 0.29) is 13.0 Å². The van der Waals surface area contributed by atoms with E-state index in [1.54, 1.807) is 0 Å². The Morgan fingerprint density at radius 3 is 2.50 bits per heavy atom. The standard InChI is InChI=1S/C20H19NO4S/c1-20(18(22)23,12-16-11-15-9-5-6-10-17(15)26-16)21-19(24)25-13-14-7-3-2-4-8-14/h2-11H,12-13H2,1H3,(H,21,24)(H,22,23)/t20-/m0/s1. The van der Waals surface area contributed by atoms with E-state index in [0.29, 0.717) is 0 Å². The fourth-order valence-corrected chi connectivity index (χ4v) is 3.85. The molecule has 26 heavy (non-hydrogen) atoms. The molecule has 3 aromatic rings. The van der Waals surface area contributed by atoms with Crippen molar-refractivity contribution in [3.63, 3.8) is 0 Å². The van der Waals surface area contributed by atoms with E-state index >= 15 is 0 Å². The Morgan fingerprint density at radius 2 is 1.81 bits per heavy atom. The predicted octanol–water partition coefficient (Wildman–Crippen LogP) is 4.21. The molecule has 1 amide bonds. The van der Waals surface area contributed by atoms with Gasteiger partial charge in [0.05, 0.1) is 0 Å². The molecule has 0 bridgehead atoms. The number of amides is 1. The van der Waals surface area contributed by atoms with Gasteiger partial charge >= 0.3 is 12.1 Å². The minimum atomic E-state index is -1.45. The molecule has 0 spiro atoms. The van der Waals surface area contributed by atoms with Gasteiger partial charge in [-0.1, -0.05) is 48.5 Å². The predicted molar refractivity (Wildman–Crippen MR) is 101 cm³/mol. The Balaban J connectivity index is 1.68. The normalized spacial score (nSPS) is 13.1. The summed E-state index contributed by atoms with van der Waals surface area (Å²) < 4.78 is 6.25. The summed E-state index contributed by atoms with van der Waals surface area (Å²) in [4.78, 5) is 24.8. The Bertz CT molecular complexity index is 889. The highest BCUT2D eigenvalue weighted by Gasteiger charge is 2.36. The number of nitrogens with one attached hydrogen (secondary N) is 1. The van der Waals surface area contributed by atoms with Gasteiger partial charge in [0.25, 0.3) is 0 Å². The van der Waals surface area contributed by atoms with Crippen LogP contribution < -0.4 is 5.32 Å². The highest BCUT2D eigenvalue weighted by Crippen LogP contribution is 2.28. The summed E-state index contributed by atoms with van der Waals surface area (Å²) in [5.41, 5.74) is -0.613. The first-order valence-electron chi connectivity index (χ1n) is 8.16. The molecule has 1 heterocycles. The molecule has 0 radical (unpaired) electrons. The van der Waals surface area contributed by atoms with Crippen LogP contribution in [0.2, 0.25) is 0 Å². The van der Waals surface area contributed by atoms with E-state index in [0.717, 1.165) is 20.5 Å². The SMILES string of the molecule is C[C@@](Cc1cc2ccccc2s1)(NC(=O)OCc1ccccc1)C(=O)O. The molecule has 1 aromatic heterocycles. The molecule has 2 aromatic carbocycles. The van der Waals surface area contributed by atoms with E-state index in [2.05, 4.69) is 5.32 Å². The van der Waals surface area contributed by atoms with Crippen LogP contribution in [0.4, 0.5) is 4.79 Å². The molecule has 6 heteroatoms. The fourth-order valence-electron chi connectivity index (χ4n) is 2.63. The molecule has 0 saturated carbocycles. The third-order valence-corrected chi connectivity index (χ3v) is 5.18. The smallest absolute Gasteiger partial charge is 0.408 e. The average molecular weight is 369 g/mol. The number of rotatable bonds is 6. The van der Waals surface area contributed by atoms with Crippen LogP contribution in [-0.2, 0) is 22.6 Å². The average Bonchev–Trinajstić information content (AvgIpc) is 3.02. The summed E-state index contributed by atoms with van der Waals surface area (Å²) >= 11 is 1.52. The molecular formula is C20H19NO4S. The van der Waals surface area contributed by atoms with Gasteiger partial charge in [-0.15, -0.1) is 11.3 Å². The Labute approximate surface area is 155 Å². The van der Waals surface area contributed by atoms with E-state index in [1.807, 2.05) is 60.7 Å². The maximum absolute atomic E-state index is 12.1. The van der Waals surface area contributed by atoms with Crippen molar-refractivity contribution in [1.82, 2.24) is 5.32 Å². The summed E-state index contributed by atoms with van der Waals surface area (Å²) in [6.07, 6.45) is -0.567. The van der Waals surface area contributed by atoms with Gasteiger partial charge in [-0.3, -0.25) is 0 Å². The first kappa shape index (κ1) is 17.9. The number of benzene rings is 2. The maximum atomic E-state index is 12.1. The monoisotopic (exact) mass is 369 g/mol. The third kappa shape index (κ3) is 4.21. The lowest BCUT2D eigenvalue weighted by Crippen LogP contribution is -2.53. The van der Waals surface area contributed by atoms with Crippen molar-refractivity contribution in [2.75, 3.05) is 0 Å². The van der Waals surface area contributed by atoms with Crippen LogP contribution in [0.3, 0.4) is 0 Å². The van der Waals surface area contributed by atoms with Crippen LogP contribution in [0.25, 0.3) is 10.1 Å². The van der Waals surface area contributed by atoms with Gasteiger partial charge in [0.2, 0.25) is 0 Å². The molecule has 0 fully saturated rings. The van der Waals surface area contributed by atoms with Gasteiger partial charge in [-0.05, 0) is 30.0 Å². The molecule has 0 aliphatic rings. The molecule has 134 valence electrons. The summed E-state index contributed by atoms with van der Waals surface area (Å²) in [7, 11) is 0. The minimum absolute atomic E-state index is 0.0886. The van der Waals surface area contributed by atoms with Crippen LogP contribution in [0.5, 0.6) is 0 Å². The zero-order chi connectivity index (χ0) is 18.6. The molecular weight excluding hydrogens is 350 g/mol. The van der Waals surface area contributed by atoms with Crippen LogP contribution in [0.1, 0.15) is 17.4 Å². The second kappa shape index (κ2) is 7.58. The number of carboxylic acid groups (broad SMARTS) is 1. The van der Waals surface area contributed by atoms with Crippen LogP contribution >= 0.6 is 11.3 Å². The van der Waals surface area contributed by atoms with Crippen molar-refractivity contribution in [3.05, 3.63) is 71.1 Å². The largest absolute Gasteiger partial charge is 0.480 e. The van der Waals surface area contributed by atoms with Gasteiger partial charge in [-0.25, -0.2) is 9.59 Å². The number of alkyl carbamates (subject to hydrolysis) is 1. The minimum Gasteiger partial charge on any atom is -0.480 e. The van der Waals surface area contributed by atoms with Crippen molar-refractivity contribution in [2.24, 2.45) is 0 Å². The highest BCUT2D eigenvalue weighted by molar-refractivity contribution is 7.19. The van der Waals surface area contributed by atoms with Gasteiger partial charge in [0.15, 0.2) is 0 Å². The van der Waals surface area contributed by atoms with Crippen molar-refractivity contribution >= 4 is 33.5 Å². The molecule has 0 aliphatic heterocycles. The zero-order valence-electron chi connectivity index (χ0n) is 14.3. The fraction of sp³-hybridized carbons (Fsp3) is 0.200. The number of ether oxygens (including phenoxy) is 1. The Kier molecular flexibility index (Phi) is 5.23. The number of thiophene rings is 1. The number of aliphatic carboxylic acids is 1. The number of carbonyl (C=O) groups excluding carboxylic acids is 1. The number of carboxylic acids is 1. The van der Waals surface area contributed by atoms with Gasteiger partial charge in [-0.2, -0.15) is 0 Å². The van der Waals surface area contributed by atoms with Crippen molar-refractivity contribution in [1.29, 1.82) is 0 Å². The van der Waals surface area contributed by atoms with E-state index < -0.39 is 17.6 Å². The molecule has 0 unspecified atom stereocenters. The molecule has 0 saturated heterocycles. The number of fused-ring (bicyclic) bond motifs is 1. The second-order valence-corrected chi connectivity index (χ2v) is 7.42. The van der Waals surface area contributed by atoms with E-state index in [4.69, 9.17) is 4.74 Å². The summed E-state index contributed by atoms with van der Waals surface area (Å²) in [6.45, 7) is 1.58. The lowest BCUT2D eigenvalue weighted by atomic mass is 9.97.